The fourth-order valence-electron chi connectivity index (χ4n) is 2.85. The van der Waals surface area contributed by atoms with Crippen LogP contribution in [-0.4, -0.2) is 11.7 Å². The third kappa shape index (κ3) is 5.12. The first-order chi connectivity index (χ1) is 11.9. The first kappa shape index (κ1) is 19.6. The number of anilines is 1. The topological polar surface area (TPSA) is 29.1 Å². The maximum atomic E-state index is 12.8. The van der Waals surface area contributed by atoms with E-state index in [0.717, 1.165) is 17.2 Å². The molecule has 2 nitrogen and oxygen atoms in total. The summed E-state index contributed by atoms with van der Waals surface area (Å²) < 4.78 is 0. The van der Waals surface area contributed by atoms with Crippen molar-refractivity contribution in [3.63, 3.8) is 0 Å². The van der Waals surface area contributed by atoms with Crippen LogP contribution in [0.4, 0.5) is 5.69 Å². The van der Waals surface area contributed by atoms with Gasteiger partial charge < -0.3 is 5.32 Å². The number of thioether (sulfide) groups is 1. The second-order valence-electron chi connectivity index (χ2n) is 6.91. The minimum Gasteiger partial charge on any atom is -0.321 e. The highest BCUT2D eigenvalue weighted by Crippen LogP contribution is 2.32. The predicted molar refractivity (Wildman–Crippen MR) is 111 cm³/mol. The fourth-order valence-corrected chi connectivity index (χ4v) is 3.49. The van der Waals surface area contributed by atoms with Crippen LogP contribution >= 0.6 is 11.8 Å². The van der Waals surface area contributed by atoms with Crippen LogP contribution < -0.4 is 5.32 Å². The summed E-state index contributed by atoms with van der Waals surface area (Å²) in [6, 6.07) is 14.3. The molecule has 0 aliphatic carbocycles. The number of hydrogen-bond acceptors (Lipinski definition) is 2. The van der Waals surface area contributed by atoms with Crippen molar-refractivity contribution in [1.82, 2.24) is 0 Å². The summed E-state index contributed by atoms with van der Waals surface area (Å²) in [6.45, 7) is 10.8. The summed E-state index contributed by atoms with van der Waals surface area (Å²) in [7, 11) is 0. The maximum absolute atomic E-state index is 12.8. The van der Waals surface area contributed by atoms with Crippen LogP contribution in [0.3, 0.4) is 0 Å². The highest BCUT2D eigenvalue weighted by atomic mass is 32.2. The van der Waals surface area contributed by atoms with E-state index in [1.165, 1.54) is 16.7 Å². The van der Waals surface area contributed by atoms with Gasteiger partial charge in [-0.05, 0) is 46.4 Å². The molecule has 0 atom stereocenters. The van der Waals surface area contributed by atoms with Crippen LogP contribution in [0.2, 0.25) is 0 Å². The average molecular weight is 356 g/mol. The highest BCUT2D eigenvalue weighted by molar-refractivity contribution is 7.98. The molecule has 3 heteroatoms. The number of rotatable bonds is 7. The van der Waals surface area contributed by atoms with Gasteiger partial charge in [0.2, 0.25) is 0 Å². The van der Waals surface area contributed by atoms with E-state index in [1.54, 1.807) is 0 Å². The molecular formula is C22H29NOS. The second kappa shape index (κ2) is 9.10. The molecule has 2 aromatic carbocycles. The lowest BCUT2D eigenvalue weighted by Gasteiger charge is -2.20. The molecule has 0 aliphatic heterocycles. The third-order valence-corrected chi connectivity index (χ3v) is 5.25. The number of amides is 1. The van der Waals surface area contributed by atoms with Crippen molar-refractivity contribution < 1.29 is 4.79 Å². The van der Waals surface area contributed by atoms with Crippen molar-refractivity contribution in [1.29, 1.82) is 0 Å². The molecule has 25 heavy (non-hydrogen) atoms. The van der Waals surface area contributed by atoms with Gasteiger partial charge in [-0.2, -0.15) is 11.8 Å². The normalized spacial score (nSPS) is 11.2. The van der Waals surface area contributed by atoms with Gasteiger partial charge in [0.1, 0.15) is 0 Å². The molecule has 0 aromatic heterocycles. The zero-order valence-electron chi connectivity index (χ0n) is 15.9. The second-order valence-corrected chi connectivity index (χ2v) is 8.18. The van der Waals surface area contributed by atoms with Crippen molar-refractivity contribution in [3.8, 4) is 0 Å². The number of hydrogen-bond donors (Lipinski definition) is 1. The van der Waals surface area contributed by atoms with Crippen LogP contribution in [0, 0.1) is 0 Å². The summed E-state index contributed by atoms with van der Waals surface area (Å²) in [5.74, 6) is 2.78. The van der Waals surface area contributed by atoms with E-state index in [9.17, 15) is 4.79 Å². The number of nitrogens with one attached hydrogen (secondary N) is 1. The lowest BCUT2D eigenvalue weighted by Crippen LogP contribution is -2.16. The van der Waals surface area contributed by atoms with Gasteiger partial charge in [-0.15, -0.1) is 0 Å². The van der Waals surface area contributed by atoms with E-state index in [2.05, 4.69) is 70.3 Å². The Morgan fingerprint density at radius 1 is 0.960 bits per heavy atom. The fraction of sp³-hybridized carbons (Fsp3) is 0.409. The van der Waals surface area contributed by atoms with E-state index in [-0.39, 0.29) is 5.91 Å². The molecule has 134 valence electrons. The molecular weight excluding hydrogens is 326 g/mol. The van der Waals surface area contributed by atoms with Crippen LogP contribution in [0.1, 0.15) is 73.5 Å². The van der Waals surface area contributed by atoms with Crippen LogP contribution in [0.5, 0.6) is 0 Å². The van der Waals surface area contributed by atoms with Gasteiger partial charge in [0.25, 0.3) is 5.91 Å². The molecule has 0 fully saturated rings. The highest BCUT2D eigenvalue weighted by Gasteiger charge is 2.16. The summed E-state index contributed by atoms with van der Waals surface area (Å²) in [5.41, 5.74) is 5.32. The van der Waals surface area contributed by atoms with Gasteiger partial charge in [-0.3, -0.25) is 4.79 Å². The molecule has 0 spiro atoms. The first-order valence-electron chi connectivity index (χ1n) is 9.04. The van der Waals surface area contributed by atoms with Gasteiger partial charge in [0, 0.05) is 17.0 Å². The zero-order chi connectivity index (χ0) is 18.4. The molecule has 0 unspecified atom stereocenters. The Hall–Kier alpha value is -1.74. The minimum absolute atomic E-state index is 0.0373. The summed E-state index contributed by atoms with van der Waals surface area (Å²) in [4.78, 5) is 12.8. The molecule has 0 aliphatic rings. The summed E-state index contributed by atoms with van der Waals surface area (Å²) >= 11 is 1.89. The Balaban J connectivity index is 2.25. The Morgan fingerprint density at radius 3 is 2.00 bits per heavy atom. The van der Waals surface area contributed by atoms with Crippen molar-refractivity contribution in [2.24, 2.45) is 0 Å². The molecule has 2 rings (SSSR count). The quantitative estimate of drug-likeness (QED) is 0.619. The molecule has 1 amide bonds. The summed E-state index contributed by atoms with van der Waals surface area (Å²) in [5, 5.41) is 3.18. The van der Waals surface area contributed by atoms with Crippen molar-refractivity contribution in [2.75, 3.05) is 11.1 Å². The smallest absolute Gasteiger partial charge is 0.255 e. The van der Waals surface area contributed by atoms with Crippen LogP contribution in [0.15, 0.2) is 42.5 Å². The maximum Gasteiger partial charge on any atom is 0.255 e. The monoisotopic (exact) mass is 355 g/mol. The lowest BCUT2D eigenvalue weighted by atomic mass is 9.92. The average Bonchev–Trinajstić information content (AvgIpc) is 2.60. The van der Waals surface area contributed by atoms with E-state index < -0.39 is 0 Å². The lowest BCUT2D eigenvalue weighted by molar-refractivity contribution is 0.102. The molecule has 0 bridgehead atoms. The van der Waals surface area contributed by atoms with E-state index >= 15 is 0 Å². The third-order valence-electron chi connectivity index (χ3n) is 4.30. The first-order valence-corrected chi connectivity index (χ1v) is 10.2. The Bertz CT molecular complexity index is 678. The molecule has 0 heterocycles. The number of carbonyl (C=O) groups is 1. The Morgan fingerprint density at radius 2 is 1.52 bits per heavy atom. The Kier molecular flexibility index (Phi) is 7.12. The zero-order valence-corrected chi connectivity index (χ0v) is 16.7. The molecule has 2 aromatic rings. The van der Waals surface area contributed by atoms with Gasteiger partial charge in [0.05, 0.1) is 0 Å². The molecule has 0 saturated carbocycles. The minimum atomic E-state index is -0.0373. The van der Waals surface area contributed by atoms with Crippen LogP contribution in [-0.2, 0) is 5.75 Å². The van der Waals surface area contributed by atoms with E-state index in [4.69, 9.17) is 0 Å². The van der Waals surface area contributed by atoms with Gasteiger partial charge in [-0.25, -0.2) is 0 Å². The molecule has 1 N–H and O–H groups in total. The van der Waals surface area contributed by atoms with Gasteiger partial charge in [0.15, 0.2) is 0 Å². The molecule has 0 radical (unpaired) electrons. The number of benzene rings is 2. The van der Waals surface area contributed by atoms with Crippen molar-refractivity contribution in [2.45, 2.75) is 52.2 Å². The number of para-hydroxylation sites is 1. The van der Waals surface area contributed by atoms with Gasteiger partial charge in [-0.1, -0.05) is 65.0 Å². The van der Waals surface area contributed by atoms with Crippen molar-refractivity contribution in [3.05, 3.63) is 64.7 Å². The predicted octanol–water partition coefficient (Wildman–Crippen LogP) is 6.44. The van der Waals surface area contributed by atoms with E-state index in [1.807, 2.05) is 23.9 Å². The molecule has 0 saturated heterocycles. The van der Waals surface area contributed by atoms with Gasteiger partial charge >= 0.3 is 0 Å². The summed E-state index contributed by atoms with van der Waals surface area (Å²) in [6.07, 6.45) is 0. The van der Waals surface area contributed by atoms with Crippen LogP contribution in [0.25, 0.3) is 0 Å². The largest absolute Gasteiger partial charge is 0.321 e. The SMILES string of the molecule is CCSCc1ccc(C(=O)Nc2c(C(C)C)cccc2C(C)C)cc1. The van der Waals surface area contributed by atoms with Crippen molar-refractivity contribution >= 4 is 23.4 Å². The Labute approximate surface area is 156 Å². The standard InChI is InChI=1S/C22H29NOS/c1-6-25-14-17-10-12-18(13-11-17)22(24)23-21-19(15(2)3)8-7-9-20(21)16(4)5/h7-13,15-16H,6,14H2,1-5H3,(H,23,24). The number of carbonyl (C=O) groups excluding carboxylic acids is 1. The van der Waals surface area contributed by atoms with E-state index in [0.29, 0.717) is 17.4 Å².